The van der Waals surface area contributed by atoms with Crippen molar-refractivity contribution in [3.05, 3.63) is 83.7 Å². The topological polar surface area (TPSA) is 66.4 Å². The van der Waals surface area contributed by atoms with Crippen molar-refractivity contribution in [3.63, 3.8) is 0 Å². The fourth-order valence-corrected chi connectivity index (χ4v) is 3.45. The van der Waals surface area contributed by atoms with Gasteiger partial charge in [0, 0.05) is 49.7 Å². The molecule has 1 aliphatic heterocycles. The molecule has 0 saturated carbocycles. The minimum Gasteiger partial charge on any atom is -0.335 e. The highest BCUT2D eigenvalue weighted by Crippen LogP contribution is 2.29. The Labute approximate surface area is 182 Å². The molecule has 3 aromatic rings. The number of rotatable bonds is 3. The van der Waals surface area contributed by atoms with Gasteiger partial charge in [0.15, 0.2) is 5.82 Å². The smallest absolute Gasteiger partial charge is 0.335 e. The van der Waals surface area contributed by atoms with Gasteiger partial charge in [-0.2, -0.15) is 13.2 Å². The van der Waals surface area contributed by atoms with Crippen LogP contribution in [0.4, 0.5) is 13.2 Å². The van der Waals surface area contributed by atoms with Crippen molar-refractivity contribution in [2.75, 3.05) is 26.2 Å². The first-order valence-electron chi connectivity index (χ1n) is 9.96. The zero-order valence-corrected chi connectivity index (χ0v) is 16.9. The predicted octanol–water partition coefficient (Wildman–Crippen LogP) is 3.76. The van der Waals surface area contributed by atoms with E-state index in [0.29, 0.717) is 24.5 Å². The third-order valence-corrected chi connectivity index (χ3v) is 5.24. The average Bonchev–Trinajstić information content (AvgIpc) is 2.83. The van der Waals surface area contributed by atoms with Gasteiger partial charge in [-0.3, -0.25) is 9.59 Å². The second-order valence-electron chi connectivity index (χ2n) is 7.32. The van der Waals surface area contributed by atoms with Crippen LogP contribution in [0.15, 0.2) is 67.0 Å². The van der Waals surface area contributed by atoms with E-state index in [1.807, 2.05) is 30.3 Å². The van der Waals surface area contributed by atoms with Crippen LogP contribution in [0.1, 0.15) is 26.3 Å². The van der Waals surface area contributed by atoms with Gasteiger partial charge in [0.1, 0.15) is 0 Å². The largest absolute Gasteiger partial charge is 0.416 e. The van der Waals surface area contributed by atoms with Gasteiger partial charge in [-0.1, -0.05) is 30.3 Å². The van der Waals surface area contributed by atoms with Gasteiger partial charge < -0.3 is 9.80 Å². The molecule has 2 heterocycles. The number of hydrogen-bond donors (Lipinski definition) is 0. The fraction of sp³-hybridized carbons (Fsp3) is 0.217. The standard InChI is InChI=1S/C23H19F3N4O2/c24-23(25,26)19-8-6-17(7-9-19)21(31)29-10-12-30(13-11-29)22(32)18-14-27-20(28-15-18)16-4-2-1-3-5-16/h1-9,14-15H,10-13H2. The summed E-state index contributed by atoms with van der Waals surface area (Å²) in [6, 6.07) is 13.5. The number of hydrogen-bond acceptors (Lipinski definition) is 4. The molecule has 1 aromatic heterocycles. The lowest BCUT2D eigenvalue weighted by molar-refractivity contribution is -0.137. The van der Waals surface area contributed by atoms with Gasteiger partial charge in [0.25, 0.3) is 11.8 Å². The molecule has 4 rings (SSSR count). The maximum atomic E-state index is 12.8. The molecule has 0 aliphatic carbocycles. The Hall–Kier alpha value is -3.75. The van der Waals surface area contributed by atoms with Gasteiger partial charge >= 0.3 is 6.18 Å². The first kappa shape index (κ1) is 21.5. The van der Waals surface area contributed by atoms with Crippen LogP contribution in [0.3, 0.4) is 0 Å². The first-order chi connectivity index (χ1) is 15.3. The van der Waals surface area contributed by atoms with Gasteiger partial charge in [0.2, 0.25) is 0 Å². The Bertz CT molecular complexity index is 1090. The quantitative estimate of drug-likeness (QED) is 0.622. The lowest BCUT2D eigenvalue weighted by Crippen LogP contribution is -2.50. The zero-order valence-electron chi connectivity index (χ0n) is 16.9. The van der Waals surface area contributed by atoms with Crippen molar-refractivity contribution < 1.29 is 22.8 Å². The van der Waals surface area contributed by atoms with Crippen molar-refractivity contribution in [1.82, 2.24) is 19.8 Å². The number of amides is 2. The van der Waals surface area contributed by atoms with Crippen LogP contribution in [-0.4, -0.2) is 57.8 Å². The third kappa shape index (κ3) is 4.61. The van der Waals surface area contributed by atoms with Gasteiger partial charge in [0.05, 0.1) is 11.1 Å². The van der Waals surface area contributed by atoms with Crippen LogP contribution >= 0.6 is 0 Å². The molecule has 0 spiro atoms. The highest BCUT2D eigenvalue weighted by Gasteiger charge is 2.31. The van der Waals surface area contributed by atoms with Crippen molar-refractivity contribution in [2.45, 2.75) is 6.18 Å². The van der Waals surface area contributed by atoms with E-state index in [0.717, 1.165) is 17.7 Å². The Morgan fingerprint density at radius 3 is 1.72 bits per heavy atom. The van der Waals surface area contributed by atoms with Crippen LogP contribution in [0.5, 0.6) is 0 Å². The third-order valence-electron chi connectivity index (χ3n) is 5.24. The summed E-state index contributed by atoms with van der Waals surface area (Å²) >= 11 is 0. The lowest BCUT2D eigenvalue weighted by Gasteiger charge is -2.34. The minimum atomic E-state index is -4.45. The summed E-state index contributed by atoms with van der Waals surface area (Å²) in [5.74, 6) is -0.0679. The number of alkyl halides is 3. The maximum absolute atomic E-state index is 12.8. The van der Waals surface area contributed by atoms with E-state index in [4.69, 9.17) is 0 Å². The fourth-order valence-electron chi connectivity index (χ4n) is 3.45. The zero-order chi connectivity index (χ0) is 22.7. The highest BCUT2D eigenvalue weighted by atomic mass is 19.4. The molecular weight excluding hydrogens is 421 g/mol. The van der Waals surface area contributed by atoms with Crippen molar-refractivity contribution >= 4 is 11.8 Å². The molecule has 6 nitrogen and oxygen atoms in total. The van der Waals surface area contributed by atoms with Crippen LogP contribution in [0.25, 0.3) is 11.4 Å². The monoisotopic (exact) mass is 440 g/mol. The second kappa shape index (κ2) is 8.78. The Balaban J connectivity index is 1.36. The molecule has 1 aliphatic rings. The molecule has 1 saturated heterocycles. The van der Waals surface area contributed by atoms with E-state index >= 15 is 0 Å². The van der Waals surface area contributed by atoms with Crippen molar-refractivity contribution in [3.8, 4) is 11.4 Å². The van der Waals surface area contributed by atoms with Crippen LogP contribution in [0.2, 0.25) is 0 Å². The lowest BCUT2D eigenvalue weighted by atomic mass is 10.1. The Morgan fingerprint density at radius 2 is 1.22 bits per heavy atom. The Kier molecular flexibility index (Phi) is 5.89. The maximum Gasteiger partial charge on any atom is 0.416 e. The number of carbonyl (C=O) groups excluding carboxylic acids is 2. The number of aromatic nitrogens is 2. The summed E-state index contributed by atoms with van der Waals surface area (Å²) < 4.78 is 38.1. The van der Waals surface area contributed by atoms with Crippen LogP contribution in [0, 0.1) is 0 Å². The molecule has 0 atom stereocenters. The minimum absolute atomic E-state index is 0.183. The predicted molar refractivity (Wildman–Crippen MR) is 111 cm³/mol. The van der Waals surface area contributed by atoms with Crippen LogP contribution in [-0.2, 0) is 6.18 Å². The molecule has 0 radical (unpaired) electrons. The van der Waals surface area contributed by atoms with E-state index in [9.17, 15) is 22.8 Å². The summed E-state index contributed by atoms with van der Waals surface area (Å²) in [6.45, 7) is 1.19. The molecule has 2 aromatic carbocycles. The number of halogens is 3. The molecule has 0 N–H and O–H groups in total. The second-order valence-corrected chi connectivity index (χ2v) is 7.32. The summed E-state index contributed by atoms with van der Waals surface area (Å²) in [4.78, 5) is 37.0. The molecule has 32 heavy (non-hydrogen) atoms. The molecule has 0 bridgehead atoms. The summed E-state index contributed by atoms with van der Waals surface area (Å²) in [5, 5.41) is 0. The normalized spacial score (nSPS) is 14.3. The first-order valence-corrected chi connectivity index (χ1v) is 9.96. The summed E-state index contributed by atoms with van der Waals surface area (Å²) in [6.07, 6.45) is -1.48. The molecule has 1 fully saturated rings. The SMILES string of the molecule is O=C(c1ccc(C(F)(F)F)cc1)N1CCN(C(=O)c2cnc(-c3ccccc3)nc2)CC1. The number of piperazine rings is 1. The van der Waals surface area contributed by atoms with Gasteiger partial charge in [-0.25, -0.2) is 9.97 Å². The molecule has 164 valence electrons. The van der Waals surface area contributed by atoms with Crippen molar-refractivity contribution in [1.29, 1.82) is 0 Å². The van der Waals surface area contributed by atoms with E-state index in [-0.39, 0.29) is 30.5 Å². The number of benzene rings is 2. The van der Waals surface area contributed by atoms with Gasteiger partial charge in [-0.15, -0.1) is 0 Å². The van der Waals surface area contributed by atoms with E-state index in [1.165, 1.54) is 29.4 Å². The molecular formula is C23H19F3N4O2. The molecule has 0 unspecified atom stereocenters. The average molecular weight is 440 g/mol. The summed E-state index contributed by atoms with van der Waals surface area (Å²) in [5.41, 5.74) is 0.585. The summed E-state index contributed by atoms with van der Waals surface area (Å²) in [7, 11) is 0. The number of carbonyl (C=O) groups is 2. The van der Waals surface area contributed by atoms with E-state index in [1.54, 1.807) is 4.90 Å². The molecule has 9 heteroatoms. The number of nitrogens with zero attached hydrogens (tertiary/aromatic N) is 4. The molecule has 2 amide bonds. The van der Waals surface area contributed by atoms with E-state index in [2.05, 4.69) is 9.97 Å². The van der Waals surface area contributed by atoms with Crippen LogP contribution < -0.4 is 0 Å². The highest BCUT2D eigenvalue weighted by molar-refractivity contribution is 5.95. The Morgan fingerprint density at radius 1 is 0.719 bits per heavy atom. The van der Waals surface area contributed by atoms with Crippen molar-refractivity contribution in [2.24, 2.45) is 0 Å². The van der Waals surface area contributed by atoms with Gasteiger partial charge in [-0.05, 0) is 24.3 Å². The van der Waals surface area contributed by atoms with E-state index < -0.39 is 11.7 Å².